The van der Waals surface area contributed by atoms with Crippen LogP contribution < -0.4 is 5.56 Å². The average Bonchev–Trinajstić information content (AvgIpc) is 2.96. The molecular formula is C16H20F2N4O. The maximum atomic E-state index is 13.8. The molecule has 1 N–H and O–H groups in total. The van der Waals surface area contributed by atoms with E-state index in [9.17, 15) is 13.6 Å². The molecule has 1 saturated carbocycles. The third-order valence-corrected chi connectivity index (χ3v) is 5.22. The predicted molar refractivity (Wildman–Crippen MR) is 81.5 cm³/mol. The summed E-state index contributed by atoms with van der Waals surface area (Å²) in [6.45, 7) is 1.26. The standard InChI is InChI=1S/C16H20F2N4O/c17-16(18)5-3-11-2-1-7-21(13(11)9-16)10-12-8-15(23)22-14(20-12)4-6-19-22/h4,6,8,11,13,19H,1-3,5,7,9-10H2. The number of aromatic nitrogens is 3. The van der Waals surface area contributed by atoms with E-state index in [2.05, 4.69) is 15.0 Å². The van der Waals surface area contributed by atoms with Gasteiger partial charge in [0.25, 0.3) is 5.56 Å². The summed E-state index contributed by atoms with van der Waals surface area (Å²) < 4.78 is 29.0. The highest BCUT2D eigenvalue weighted by molar-refractivity contribution is 5.36. The molecule has 2 fully saturated rings. The first kappa shape index (κ1) is 14.8. The van der Waals surface area contributed by atoms with Gasteiger partial charge in [0, 0.05) is 43.8 Å². The summed E-state index contributed by atoms with van der Waals surface area (Å²) in [5.74, 6) is -2.21. The van der Waals surface area contributed by atoms with Crippen molar-refractivity contribution in [2.45, 2.75) is 50.6 Å². The van der Waals surface area contributed by atoms with E-state index in [0.29, 0.717) is 30.2 Å². The number of nitrogens with zero attached hydrogens (tertiary/aromatic N) is 3. The molecule has 3 heterocycles. The molecule has 0 bridgehead atoms. The van der Waals surface area contributed by atoms with Gasteiger partial charge in [-0.2, -0.15) is 0 Å². The van der Waals surface area contributed by atoms with Gasteiger partial charge in [-0.05, 0) is 31.7 Å². The quantitative estimate of drug-likeness (QED) is 0.924. The number of piperidine rings is 1. The Balaban J connectivity index is 1.59. The lowest BCUT2D eigenvalue weighted by atomic mass is 9.76. The van der Waals surface area contributed by atoms with E-state index in [1.54, 1.807) is 12.3 Å². The van der Waals surface area contributed by atoms with Crippen LogP contribution in [0.15, 0.2) is 23.1 Å². The minimum Gasteiger partial charge on any atom is -0.297 e. The van der Waals surface area contributed by atoms with Gasteiger partial charge in [0.05, 0.1) is 5.69 Å². The molecule has 0 spiro atoms. The molecule has 2 aliphatic rings. The minimum absolute atomic E-state index is 0.0108. The van der Waals surface area contributed by atoms with E-state index in [4.69, 9.17) is 0 Å². The number of rotatable bonds is 2. The second-order valence-corrected chi connectivity index (χ2v) is 6.78. The summed E-state index contributed by atoms with van der Waals surface area (Å²) in [4.78, 5) is 18.6. The van der Waals surface area contributed by atoms with Crippen molar-refractivity contribution in [1.29, 1.82) is 0 Å². The monoisotopic (exact) mass is 322 g/mol. The van der Waals surface area contributed by atoms with Crippen LogP contribution in [-0.4, -0.2) is 38.0 Å². The van der Waals surface area contributed by atoms with E-state index in [1.165, 1.54) is 10.6 Å². The van der Waals surface area contributed by atoms with Gasteiger partial charge < -0.3 is 0 Å². The molecule has 1 aliphatic carbocycles. The number of fused-ring (bicyclic) bond motifs is 2. The summed E-state index contributed by atoms with van der Waals surface area (Å²) in [5.41, 5.74) is 1.05. The van der Waals surface area contributed by atoms with E-state index in [1.807, 2.05) is 0 Å². The Labute approximate surface area is 132 Å². The van der Waals surface area contributed by atoms with Gasteiger partial charge in [-0.3, -0.25) is 14.8 Å². The molecule has 5 nitrogen and oxygen atoms in total. The molecule has 4 rings (SSSR count). The SMILES string of the molecule is O=c1cc(CN2CCCC3CCC(F)(F)CC32)nc2cc[nH]n12. The summed E-state index contributed by atoms with van der Waals surface area (Å²) >= 11 is 0. The number of halogens is 2. The molecule has 7 heteroatoms. The first-order chi connectivity index (χ1) is 11.0. The Kier molecular flexibility index (Phi) is 3.48. The Bertz CT molecular complexity index is 769. The van der Waals surface area contributed by atoms with Gasteiger partial charge in [0.15, 0.2) is 5.65 Å². The zero-order valence-corrected chi connectivity index (χ0v) is 12.8. The summed E-state index contributed by atoms with van der Waals surface area (Å²) in [6.07, 6.45) is 4.26. The van der Waals surface area contributed by atoms with E-state index in [-0.39, 0.29) is 24.4 Å². The number of hydrogen-bond donors (Lipinski definition) is 1. The first-order valence-corrected chi connectivity index (χ1v) is 8.20. The van der Waals surface area contributed by atoms with Crippen LogP contribution in [0.3, 0.4) is 0 Å². The number of alkyl halides is 2. The van der Waals surface area contributed by atoms with Crippen LogP contribution in [-0.2, 0) is 6.54 Å². The van der Waals surface area contributed by atoms with Crippen LogP contribution >= 0.6 is 0 Å². The number of likely N-dealkylation sites (tertiary alicyclic amines) is 1. The first-order valence-electron chi connectivity index (χ1n) is 8.20. The molecule has 124 valence electrons. The van der Waals surface area contributed by atoms with E-state index in [0.717, 1.165) is 19.4 Å². The van der Waals surface area contributed by atoms with Crippen LogP contribution in [0.2, 0.25) is 0 Å². The Hall–Kier alpha value is -1.76. The number of aromatic amines is 1. The maximum absolute atomic E-state index is 13.8. The second kappa shape index (κ2) is 5.40. The maximum Gasteiger partial charge on any atom is 0.272 e. The van der Waals surface area contributed by atoms with E-state index >= 15 is 0 Å². The highest BCUT2D eigenvalue weighted by Gasteiger charge is 2.44. The second-order valence-electron chi connectivity index (χ2n) is 6.78. The highest BCUT2D eigenvalue weighted by Crippen LogP contribution is 2.42. The largest absolute Gasteiger partial charge is 0.297 e. The predicted octanol–water partition coefficient (Wildman–Crippen LogP) is 2.42. The summed E-state index contributed by atoms with van der Waals surface area (Å²) in [5, 5.41) is 2.80. The van der Waals surface area contributed by atoms with Crippen LogP contribution in [0.1, 0.15) is 37.8 Å². The van der Waals surface area contributed by atoms with Crippen molar-refractivity contribution in [3.05, 3.63) is 34.4 Å². The van der Waals surface area contributed by atoms with Crippen LogP contribution in [0.25, 0.3) is 5.65 Å². The van der Waals surface area contributed by atoms with Gasteiger partial charge in [0.2, 0.25) is 5.92 Å². The van der Waals surface area contributed by atoms with Crippen LogP contribution in [0, 0.1) is 5.92 Å². The molecule has 0 radical (unpaired) electrons. The van der Waals surface area contributed by atoms with E-state index < -0.39 is 5.92 Å². The van der Waals surface area contributed by atoms with Crippen molar-refractivity contribution < 1.29 is 8.78 Å². The van der Waals surface area contributed by atoms with Crippen LogP contribution in [0.4, 0.5) is 8.78 Å². The molecule has 1 aliphatic heterocycles. The number of nitrogens with one attached hydrogen (secondary N) is 1. The number of H-pyrrole nitrogens is 1. The molecule has 23 heavy (non-hydrogen) atoms. The van der Waals surface area contributed by atoms with Crippen molar-refractivity contribution in [3.8, 4) is 0 Å². The van der Waals surface area contributed by atoms with Gasteiger partial charge in [-0.1, -0.05) is 0 Å². The smallest absolute Gasteiger partial charge is 0.272 e. The fourth-order valence-electron chi connectivity index (χ4n) is 4.11. The molecule has 2 aromatic heterocycles. The number of hydrogen-bond acceptors (Lipinski definition) is 3. The molecule has 1 saturated heterocycles. The van der Waals surface area contributed by atoms with Gasteiger partial charge in [0.1, 0.15) is 0 Å². The molecule has 0 amide bonds. The third-order valence-electron chi connectivity index (χ3n) is 5.22. The molecule has 2 aromatic rings. The lowest BCUT2D eigenvalue weighted by Crippen LogP contribution is -2.50. The topological polar surface area (TPSA) is 53.4 Å². The Morgan fingerprint density at radius 3 is 3.13 bits per heavy atom. The normalized spacial score (nSPS) is 27.9. The summed E-state index contributed by atoms with van der Waals surface area (Å²) in [7, 11) is 0. The third kappa shape index (κ3) is 2.78. The van der Waals surface area contributed by atoms with Gasteiger partial charge in [-0.25, -0.2) is 18.3 Å². The lowest BCUT2D eigenvalue weighted by molar-refractivity contribution is -0.0945. The van der Waals surface area contributed by atoms with Gasteiger partial charge in [-0.15, -0.1) is 0 Å². The van der Waals surface area contributed by atoms with Crippen molar-refractivity contribution in [2.24, 2.45) is 5.92 Å². The Morgan fingerprint density at radius 2 is 2.26 bits per heavy atom. The summed E-state index contributed by atoms with van der Waals surface area (Å²) in [6, 6.07) is 3.13. The Morgan fingerprint density at radius 1 is 1.39 bits per heavy atom. The zero-order chi connectivity index (χ0) is 16.0. The molecule has 0 aromatic carbocycles. The van der Waals surface area contributed by atoms with Crippen molar-refractivity contribution in [1.82, 2.24) is 19.5 Å². The zero-order valence-electron chi connectivity index (χ0n) is 12.8. The average molecular weight is 322 g/mol. The minimum atomic E-state index is -2.56. The molecular weight excluding hydrogens is 302 g/mol. The molecule has 2 unspecified atom stereocenters. The van der Waals surface area contributed by atoms with Crippen molar-refractivity contribution in [3.63, 3.8) is 0 Å². The fraction of sp³-hybridized carbons (Fsp3) is 0.625. The lowest BCUT2D eigenvalue weighted by Gasteiger charge is -2.46. The highest BCUT2D eigenvalue weighted by atomic mass is 19.3. The molecule has 2 atom stereocenters. The van der Waals surface area contributed by atoms with Gasteiger partial charge >= 0.3 is 0 Å². The fourth-order valence-corrected chi connectivity index (χ4v) is 4.11. The van der Waals surface area contributed by atoms with Crippen molar-refractivity contribution in [2.75, 3.05) is 6.54 Å². The van der Waals surface area contributed by atoms with Crippen LogP contribution in [0.5, 0.6) is 0 Å². The van der Waals surface area contributed by atoms with Crippen molar-refractivity contribution >= 4 is 5.65 Å².